The molecule has 16 heavy (non-hydrogen) atoms. The molecule has 2 heterocycles. The lowest BCUT2D eigenvalue weighted by atomic mass is 10.1. The fourth-order valence-corrected chi connectivity index (χ4v) is 2.32. The first-order chi connectivity index (χ1) is 7.63. The Labute approximate surface area is 102 Å². The fraction of sp³-hybridized carbons (Fsp3) is 0.600. The third-order valence-corrected chi connectivity index (χ3v) is 3.40. The van der Waals surface area contributed by atoms with Crippen LogP contribution >= 0.6 is 15.9 Å². The van der Waals surface area contributed by atoms with Crippen molar-refractivity contribution in [1.82, 2.24) is 9.78 Å². The van der Waals surface area contributed by atoms with E-state index in [1.54, 1.807) is 6.20 Å². The van der Waals surface area contributed by atoms with E-state index >= 15 is 0 Å². The maximum atomic E-state index is 11.9. The van der Waals surface area contributed by atoms with Crippen molar-refractivity contribution in [3.05, 3.63) is 21.0 Å². The maximum absolute atomic E-state index is 11.9. The Morgan fingerprint density at radius 3 is 2.88 bits per heavy atom. The highest BCUT2D eigenvalue weighted by Crippen LogP contribution is 2.25. The van der Waals surface area contributed by atoms with Gasteiger partial charge in [0.1, 0.15) is 4.47 Å². The Kier molecular flexibility index (Phi) is 3.30. The van der Waals surface area contributed by atoms with Crippen LogP contribution < -0.4 is 16.2 Å². The highest BCUT2D eigenvalue weighted by molar-refractivity contribution is 9.10. The fourth-order valence-electron chi connectivity index (χ4n) is 1.76. The van der Waals surface area contributed by atoms with Gasteiger partial charge in [0.05, 0.1) is 11.9 Å². The zero-order valence-electron chi connectivity index (χ0n) is 9.19. The summed E-state index contributed by atoms with van der Waals surface area (Å²) in [5.74, 6) is 0. The van der Waals surface area contributed by atoms with E-state index in [9.17, 15) is 4.79 Å². The maximum Gasteiger partial charge on any atom is 0.283 e. The van der Waals surface area contributed by atoms with E-state index < -0.39 is 0 Å². The van der Waals surface area contributed by atoms with Crippen molar-refractivity contribution in [2.75, 3.05) is 18.0 Å². The SMILES string of the molecule is CCCn1ncc(N2CC(N)C2)c(Br)c1=O. The number of nitrogens with two attached hydrogens (primary N) is 1. The van der Waals surface area contributed by atoms with Gasteiger partial charge >= 0.3 is 0 Å². The molecule has 1 aliphatic heterocycles. The van der Waals surface area contributed by atoms with Crippen molar-refractivity contribution < 1.29 is 0 Å². The first-order valence-electron chi connectivity index (χ1n) is 5.39. The molecule has 2 N–H and O–H groups in total. The average molecular weight is 287 g/mol. The molecule has 2 rings (SSSR count). The lowest BCUT2D eigenvalue weighted by Crippen LogP contribution is -2.56. The van der Waals surface area contributed by atoms with Gasteiger partial charge in [-0.05, 0) is 22.4 Å². The van der Waals surface area contributed by atoms with Crippen LogP contribution in [0.2, 0.25) is 0 Å². The summed E-state index contributed by atoms with van der Waals surface area (Å²) in [6.07, 6.45) is 2.63. The summed E-state index contributed by atoms with van der Waals surface area (Å²) in [7, 11) is 0. The highest BCUT2D eigenvalue weighted by Gasteiger charge is 2.26. The van der Waals surface area contributed by atoms with Gasteiger partial charge in [-0.2, -0.15) is 5.10 Å². The number of hydrogen-bond donors (Lipinski definition) is 1. The van der Waals surface area contributed by atoms with Crippen LogP contribution in [0, 0.1) is 0 Å². The monoisotopic (exact) mass is 286 g/mol. The molecule has 0 saturated carbocycles. The second-order valence-electron chi connectivity index (χ2n) is 4.04. The molecule has 6 heteroatoms. The molecule has 1 saturated heterocycles. The van der Waals surface area contributed by atoms with Crippen molar-refractivity contribution in [2.45, 2.75) is 25.9 Å². The summed E-state index contributed by atoms with van der Waals surface area (Å²) >= 11 is 3.34. The summed E-state index contributed by atoms with van der Waals surface area (Å²) in [6.45, 7) is 4.25. The standard InChI is InChI=1S/C10H15BrN4O/c1-2-3-15-10(16)9(11)8(4-13-15)14-5-7(12)6-14/h4,7H,2-3,5-6,12H2,1H3. The lowest BCUT2D eigenvalue weighted by molar-refractivity contribution is 0.510. The number of aryl methyl sites for hydroxylation is 1. The molecule has 1 aromatic rings. The van der Waals surface area contributed by atoms with Crippen LogP contribution in [-0.2, 0) is 6.54 Å². The van der Waals surface area contributed by atoms with Crippen LogP contribution in [0.5, 0.6) is 0 Å². The number of aromatic nitrogens is 2. The molecule has 0 amide bonds. The smallest absolute Gasteiger partial charge is 0.283 e. The van der Waals surface area contributed by atoms with Crippen LogP contribution in [0.4, 0.5) is 5.69 Å². The van der Waals surface area contributed by atoms with Gasteiger partial charge in [0.2, 0.25) is 0 Å². The van der Waals surface area contributed by atoms with Crippen molar-refractivity contribution >= 4 is 21.6 Å². The quantitative estimate of drug-likeness (QED) is 0.882. The van der Waals surface area contributed by atoms with Crippen LogP contribution in [0.15, 0.2) is 15.5 Å². The molecule has 1 fully saturated rings. The zero-order chi connectivity index (χ0) is 11.7. The first-order valence-corrected chi connectivity index (χ1v) is 6.19. The van der Waals surface area contributed by atoms with E-state index in [0.717, 1.165) is 25.2 Å². The number of hydrogen-bond acceptors (Lipinski definition) is 4. The molecule has 5 nitrogen and oxygen atoms in total. The predicted molar refractivity (Wildman–Crippen MR) is 66.7 cm³/mol. The van der Waals surface area contributed by atoms with E-state index in [1.807, 2.05) is 6.92 Å². The lowest BCUT2D eigenvalue weighted by Gasteiger charge is -2.38. The molecule has 0 aliphatic carbocycles. The van der Waals surface area contributed by atoms with Crippen LogP contribution in [-0.4, -0.2) is 28.9 Å². The molecule has 0 atom stereocenters. The minimum absolute atomic E-state index is 0.0696. The Balaban J connectivity index is 2.28. The molecule has 0 aromatic carbocycles. The molecule has 0 unspecified atom stereocenters. The van der Waals surface area contributed by atoms with Crippen molar-refractivity contribution in [3.8, 4) is 0 Å². The van der Waals surface area contributed by atoms with E-state index in [4.69, 9.17) is 5.73 Å². The Morgan fingerprint density at radius 2 is 2.31 bits per heavy atom. The largest absolute Gasteiger partial charge is 0.366 e. The minimum atomic E-state index is -0.0696. The van der Waals surface area contributed by atoms with Gasteiger partial charge in [-0.15, -0.1) is 0 Å². The van der Waals surface area contributed by atoms with Crippen LogP contribution in [0.3, 0.4) is 0 Å². The minimum Gasteiger partial charge on any atom is -0.366 e. The van der Waals surface area contributed by atoms with E-state index in [-0.39, 0.29) is 11.6 Å². The van der Waals surface area contributed by atoms with E-state index in [0.29, 0.717) is 11.0 Å². The Morgan fingerprint density at radius 1 is 1.62 bits per heavy atom. The third kappa shape index (κ3) is 1.99. The van der Waals surface area contributed by atoms with Crippen molar-refractivity contribution in [3.63, 3.8) is 0 Å². The number of anilines is 1. The van der Waals surface area contributed by atoms with Gasteiger partial charge in [0.25, 0.3) is 5.56 Å². The first kappa shape index (κ1) is 11.6. The van der Waals surface area contributed by atoms with E-state index in [1.165, 1.54) is 4.68 Å². The molecule has 0 radical (unpaired) electrons. The summed E-state index contributed by atoms with van der Waals surface area (Å²) < 4.78 is 2.07. The molecule has 88 valence electrons. The summed E-state index contributed by atoms with van der Waals surface area (Å²) in [5.41, 5.74) is 6.49. The number of halogens is 1. The van der Waals surface area contributed by atoms with Crippen LogP contribution in [0.25, 0.3) is 0 Å². The topological polar surface area (TPSA) is 64.2 Å². The Hall–Kier alpha value is -0.880. The van der Waals surface area contributed by atoms with Gasteiger partial charge in [-0.1, -0.05) is 6.92 Å². The molecular formula is C10H15BrN4O. The van der Waals surface area contributed by atoms with Crippen molar-refractivity contribution in [2.24, 2.45) is 5.73 Å². The summed E-state index contributed by atoms with van der Waals surface area (Å²) in [4.78, 5) is 14.0. The summed E-state index contributed by atoms with van der Waals surface area (Å²) in [6, 6.07) is 0.213. The molecule has 0 spiro atoms. The van der Waals surface area contributed by atoms with Gasteiger partial charge in [-0.3, -0.25) is 4.79 Å². The predicted octanol–water partition coefficient (Wildman–Crippen LogP) is 0.563. The van der Waals surface area contributed by atoms with Gasteiger partial charge in [0.15, 0.2) is 0 Å². The molecule has 1 aliphatic rings. The van der Waals surface area contributed by atoms with E-state index in [2.05, 4.69) is 25.9 Å². The molecule has 1 aromatic heterocycles. The number of rotatable bonds is 3. The highest BCUT2D eigenvalue weighted by atomic mass is 79.9. The van der Waals surface area contributed by atoms with Crippen LogP contribution in [0.1, 0.15) is 13.3 Å². The summed E-state index contributed by atoms with van der Waals surface area (Å²) in [5, 5.41) is 4.15. The molecular weight excluding hydrogens is 272 g/mol. The second-order valence-corrected chi connectivity index (χ2v) is 4.83. The zero-order valence-corrected chi connectivity index (χ0v) is 10.8. The normalized spacial score (nSPS) is 16.3. The van der Waals surface area contributed by atoms with Gasteiger partial charge < -0.3 is 10.6 Å². The molecule has 0 bridgehead atoms. The Bertz CT molecular complexity index is 439. The number of nitrogens with zero attached hydrogens (tertiary/aromatic N) is 3. The average Bonchev–Trinajstić information content (AvgIpc) is 2.22. The second kappa shape index (κ2) is 4.55. The third-order valence-electron chi connectivity index (χ3n) is 2.65. The van der Waals surface area contributed by atoms with Gasteiger partial charge in [-0.25, -0.2) is 4.68 Å². The van der Waals surface area contributed by atoms with Gasteiger partial charge in [0, 0.05) is 25.7 Å². The van der Waals surface area contributed by atoms with Crippen molar-refractivity contribution in [1.29, 1.82) is 0 Å².